The van der Waals surface area contributed by atoms with Crippen LogP contribution < -0.4 is 10.5 Å². The lowest BCUT2D eigenvalue weighted by atomic mass is 9.93. The lowest BCUT2D eigenvalue weighted by Gasteiger charge is -2.48. The number of aryl methyl sites for hydroxylation is 2. The van der Waals surface area contributed by atoms with Crippen molar-refractivity contribution < 1.29 is 8.78 Å². The fraction of sp³-hybridized carbons (Fsp3) is 0.300. The molecule has 8 heteroatoms. The van der Waals surface area contributed by atoms with E-state index < -0.39 is 11.4 Å². The minimum Gasteiger partial charge on any atom is -0.361 e. The molecular formula is C30H29F2N5O. The molecule has 6 nitrogen and oxygen atoms in total. The molecule has 2 aromatic carbocycles. The summed E-state index contributed by atoms with van der Waals surface area (Å²) in [5.41, 5.74) is 3.40. The zero-order chi connectivity index (χ0) is 27.1. The van der Waals surface area contributed by atoms with Gasteiger partial charge in [-0.1, -0.05) is 48.5 Å². The smallest absolute Gasteiger partial charge is 0.289 e. The van der Waals surface area contributed by atoms with Crippen LogP contribution in [-0.4, -0.2) is 39.6 Å². The number of anilines is 1. The van der Waals surface area contributed by atoms with Crippen molar-refractivity contribution in [3.63, 3.8) is 0 Å². The molecule has 3 atom stereocenters. The molecule has 2 aromatic heterocycles. The third-order valence-electron chi connectivity index (χ3n) is 7.49. The number of aromatic nitrogens is 2. The fourth-order valence-electron chi connectivity index (χ4n) is 5.47. The highest BCUT2D eigenvalue weighted by Crippen LogP contribution is 2.37. The number of halogens is 2. The van der Waals surface area contributed by atoms with Crippen molar-refractivity contribution in [2.75, 3.05) is 18.0 Å². The van der Waals surface area contributed by atoms with Crippen LogP contribution >= 0.6 is 0 Å². The minimum absolute atomic E-state index is 0.0508. The molecule has 194 valence electrons. The number of rotatable bonds is 4. The predicted octanol–water partition coefficient (Wildman–Crippen LogP) is 5.76. The molecule has 3 heterocycles. The molecular weight excluding hydrogens is 484 g/mol. The maximum absolute atomic E-state index is 15.6. The van der Waals surface area contributed by atoms with Gasteiger partial charge in [-0.05, 0) is 56.2 Å². The molecule has 1 saturated heterocycles. The van der Waals surface area contributed by atoms with E-state index in [1.165, 1.54) is 29.8 Å². The van der Waals surface area contributed by atoms with Crippen LogP contribution in [0.3, 0.4) is 0 Å². The summed E-state index contributed by atoms with van der Waals surface area (Å²) < 4.78 is 30.7. The van der Waals surface area contributed by atoms with Gasteiger partial charge >= 0.3 is 0 Å². The van der Waals surface area contributed by atoms with Gasteiger partial charge in [0.1, 0.15) is 11.5 Å². The Morgan fingerprint density at radius 1 is 0.947 bits per heavy atom. The van der Waals surface area contributed by atoms with E-state index >= 15 is 4.39 Å². The molecule has 0 N–H and O–H groups in total. The van der Waals surface area contributed by atoms with Gasteiger partial charge in [-0.15, -0.1) is 4.98 Å². The number of benzene rings is 2. The average molecular weight is 514 g/mol. The van der Waals surface area contributed by atoms with Crippen LogP contribution in [0.5, 0.6) is 0 Å². The molecule has 1 fully saturated rings. The van der Waals surface area contributed by atoms with E-state index in [1.807, 2.05) is 30.9 Å². The highest BCUT2D eigenvalue weighted by atomic mass is 19.1. The Labute approximate surface area is 220 Å². The van der Waals surface area contributed by atoms with Crippen LogP contribution in [0.1, 0.15) is 36.6 Å². The second kappa shape index (κ2) is 9.99. The molecule has 1 unspecified atom stereocenters. The number of nitrogens with zero attached hydrogens (tertiary/aromatic N) is 5. The highest BCUT2D eigenvalue weighted by Gasteiger charge is 2.38. The van der Waals surface area contributed by atoms with E-state index in [1.54, 1.807) is 6.07 Å². The van der Waals surface area contributed by atoms with Gasteiger partial charge in [0, 0.05) is 32.2 Å². The molecule has 4 aromatic rings. The summed E-state index contributed by atoms with van der Waals surface area (Å²) in [5.74, 6) is -1.01. The monoisotopic (exact) mass is 513 g/mol. The summed E-state index contributed by atoms with van der Waals surface area (Å²) in [7, 11) is 1.51. The van der Waals surface area contributed by atoms with Crippen molar-refractivity contribution in [2.45, 2.75) is 38.9 Å². The summed E-state index contributed by atoms with van der Waals surface area (Å²) in [6.45, 7) is 14.5. The van der Waals surface area contributed by atoms with Gasteiger partial charge in [0.25, 0.3) is 11.4 Å². The van der Waals surface area contributed by atoms with Crippen molar-refractivity contribution >= 4 is 22.5 Å². The quantitative estimate of drug-likeness (QED) is 0.326. The van der Waals surface area contributed by atoms with Gasteiger partial charge in [-0.3, -0.25) is 9.69 Å². The Morgan fingerprint density at radius 3 is 2.21 bits per heavy atom. The zero-order valence-corrected chi connectivity index (χ0v) is 21.8. The summed E-state index contributed by atoms with van der Waals surface area (Å²) >= 11 is 0. The molecule has 5 rings (SSSR count). The Morgan fingerprint density at radius 2 is 1.58 bits per heavy atom. The van der Waals surface area contributed by atoms with E-state index in [0.717, 1.165) is 16.7 Å². The van der Waals surface area contributed by atoms with Crippen LogP contribution in [0.15, 0.2) is 65.5 Å². The van der Waals surface area contributed by atoms with Crippen molar-refractivity contribution in [1.29, 1.82) is 0 Å². The third-order valence-corrected chi connectivity index (χ3v) is 7.49. The molecule has 0 bridgehead atoms. The SMILES string of the molecule is [C-]#[N+]c1ccc2c(n1)c(N1C[C@@H](C)N(C(c3ccc(C)cc3)c3ccc(F)cc3)C[C@@H]1C)c(F)c(=O)n2C. The van der Waals surface area contributed by atoms with Crippen LogP contribution in [0, 0.1) is 25.1 Å². The van der Waals surface area contributed by atoms with Gasteiger partial charge in [-0.2, -0.15) is 4.39 Å². The minimum atomic E-state index is -0.865. The van der Waals surface area contributed by atoms with E-state index in [4.69, 9.17) is 6.57 Å². The number of piperazine rings is 1. The van der Waals surface area contributed by atoms with Gasteiger partial charge in [-0.25, -0.2) is 4.39 Å². The zero-order valence-electron chi connectivity index (χ0n) is 21.8. The van der Waals surface area contributed by atoms with Crippen LogP contribution in [-0.2, 0) is 7.05 Å². The topological polar surface area (TPSA) is 45.7 Å². The standard InChI is InChI=1S/C30H29F2N5O/c1-18-6-8-21(9-7-18)28(22-10-12-23(31)13-11-22)36-16-20(3)37(17-19(36)2)29-26(32)30(38)35(5)24-14-15-25(33-4)34-27(24)29/h6-15,19-20,28H,16-17H2,1-3,5H3/t19-,20+,28?/m1/s1. The van der Waals surface area contributed by atoms with Crippen molar-refractivity contribution in [3.05, 3.63) is 111 Å². The van der Waals surface area contributed by atoms with Crippen LogP contribution in [0.2, 0.25) is 0 Å². The Balaban J connectivity index is 1.58. The first-order valence-corrected chi connectivity index (χ1v) is 12.6. The van der Waals surface area contributed by atoms with E-state index in [2.05, 4.69) is 45.9 Å². The summed E-state index contributed by atoms with van der Waals surface area (Å²) in [6.07, 6.45) is 0. The largest absolute Gasteiger partial charge is 0.361 e. The van der Waals surface area contributed by atoms with Crippen molar-refractivity contribution in [1.82, 2.24) is 14.5 Å². The van der Waals surface area contributed by atoms with E-state index in [9.17, 15) is 9.18 Å². The fourth-order valence-corrected chi connectivity index (χ4v) is 5.47. The predicted molar refractivity (Wildman–Crippen MR) is 146 cm³/mol. The van der Waals surface area contributed by atoms with Crippen LogP contribution in [0.4, 0.5) is 20.3 Å². The summed E-state index contributed by atoms with van der Waals surface area (Å²) in [4.78, 5) is 24.9. The highest BCUT2D eigenvalue weighted by molar-refractivity contribution is 5.90. The first kappa shape index (κ1) is 25.6. The van der Waals surface area contributed by atoms with Gasteiger partial charge in [0.2, 0.25) is 11.3 Å². The molecule has 1 aliphatic rings. The molecule has 0 aliphatic carbocycles. The lowest BCUT2D eigenvalue weighted by molar-refractivity contribution is 0.129. The summed E-state index contributed by atoms with van der Waals surface area (Å²) in [6, 6.07) is 17.7. The summed E-state index contributed by atoms with van der Waals surface area (Å²) in [5, 5.41) is 0. The maximum atomic E-state index is 15.6. The normalized spacial score (nSPS) is 18.9. The lowest BCUT2D eigenvalue weighted by Crippen LogP contribution is -2.58. The molecule has 0 saturated carbocycles. The molecule has 0 radical (unpaired) electrons. The molecule has 0 amide bonds. The second-order valence-electron chi connectivity index (χ2n) is 10.1. The van der Waals surface area contributed by atoms with Crippen LogP contribution in [0.25, 0.3) is 15.9 Å². The number of hydrogen-bond donors (Lipinski definition) is 0. The van der Waals surface area contributed by atoms with Crippen molar-refractivity contribution in [2.24, 2.45) is 7.05 Å². The van der Waals surface area contributed by atoms with E-state index in [-0.39, 0.29) is 35.4 Å². The first-order chi connectivity index (χ1) is 18.2. The molecule has 1 aliphatic heterocycles. The van der Waals surface area contributed by atoms with Gasteiger partial charge in [0.15, 0.2) is 0 Å². The first-order valence-electron chi connectivity index (χ1n) is 12.6. The Hall–Kier alpha value is -4.09. The van der Waals surface area contributed by atoms with Gasteiger partial charge < -0.3 is 14.3 Å². The molecule has 0 spiro atoms. The average Bonchev–Trinajstić information content (AvgIpc) is 2.91. The number of hydrogen-bond acceptors (Lipinski definition) is 4. The Kier molecular flexibility index (Phi) is 6.72. The number of pyridine rings is 2. The maximum Gasteiger partial charge on any atom is 0.289 e. The Bertz CT molecular complexity index is 1550. The third kappa shape index (κ3) is 4.44. The molecule has 38 heavy (non-hydrogen) atoms. The van der Waals surface area contributed by atoms with Gasteiger partial charge in [0.05, 0.1) is 11.6 Å². The van der Waals surface area contributed by atoms with Crippen molar-refractivity contribution in [3.8, 4) is 0 Å². The van der Waals surface area contributed by atoms with E-state index in [0.29, 0.717) is 24.1 Å². The number of fused-ring (bicyclic) bond motifs is 1. The second-order valence-corrected chi connectivity index (χ2v) is 10.1.